The predicted molar refractivity (Wildman–Crippen MR) is 130 cm³/mol. The summed E-state index contributed by atoms with van der Waals surface area (Å²) in [7, 11) is 0. The fraction of sp³-hybridized carbons (Fsp3) is 0.536. The topological polar surface area (TPSA) is 24.8 Å². The van der Waals surface area contributed by atoms with Crippen LogP contribution >= 0.6 is 0 Å². The third-order valence-electron chi connectivity index (χ3n) is 6.67. The van der Waals surface area contributed by atoms with Gasteiger partial charge < -0.3 is 4.84 Å². The van der Waals surface area contributed by atoms with Crippen LogP contribution in [0.25, 0.3) is 0 Å². The Kier molecular flexibility index (Phi) is 6.09. The zero-order valence-corrected chi connectivity index (χ0v) is 19.7. The fourth-order valence-corrected chi connectivity index (χ4v) is 4.72. The normalized spacial score (nSPS) is 23.8. The maximum absolute atomic E-state index is 13.8. The molecule has 2 aliphatic rings. The molecule has 0 radical (unpaired) electrons. The molecule has 0 amide bonds. The number of benzene rings is 2. The lowest BCUT2D eigenvalue weighted by Crippen LogP contribution is -2.36. The van der Waals surface area contributed by atoms with E-state index < -0.39 is 31.1 Å². The monoisotopic (exact) mass is 477 g/mol. The van der Waals surface area contributed by atoms with Gasteiger partial charge in [0.05, 0.1) is 11.3 Å². The summed E-state index contributed by atoms with van der Waals surface area (Å²) < 4.78 is 81.3. The highest BCUT2D eigenvalue weighted by atomic mass is 19.4. The van der Waals surface area contributed by atoms with Crippen molar-refractivity contribution in [3.63, 3.8) is 0 Å². The van der Waals surface area contributed by atoms with E-state index in [1.54, 1.807) is 31.2 Å². The van der Waals surface area contributed by atoms with E-state index in [-0.39, 0.29) is 19.1 Å². The van der Waals surface area contributed by atoms with Crippen LogP contribution < -0.4 is 0 Å². The maximum atomic E-state index is 13.8. The quantitative estimate of drug-likeness (QED) is 0.291. The minimum atomic E-state index is -4.43. The van der Waals surface area contributed by atoms with E-state index in [1.165, 1.54) is 6.07 Å². The molecule has 1 heterocycles. The Balaban J connectivity index is 1.45. The lowest BCUT2D eigenvalue weighted by atomic mass is 9.81. The van der Waals surface area contributed by atoms with Gasteiger partial charge >= 0.3 is 6.18 Å². The third kappa shape index (κ3) is 6.01. The Hall–Kier alpha value is -2.34. The highest BCUT2D eigenvalue weighted by Gasteiger charge is 2.35. The van der Waals surface area contributed by atoms with Gasteiger partial charge in [-0.2, -0.15) is 13.2 Å². The number of oxime groups is 1. The van der Waals surface area contributed by atoms with Crippen LogP contribution in [0.1, 0.15) is 98.5 Å². The van der Waals surface area contributed by atoms with Gasteiger partial charge in [-0.1, -0.05) is 55.6 Å². The fourth-order valence-electron chi connectivity index (χ4n) is 4.72. The van der Waals surface area contributed by atoms with Crippen LogP contribution in [0.4, 0.5) is 13.2 Å². The van der Waals surface area contributed by atoms with Crippen molar-refractivity contribution in [2.75, 3.05) is 13.0 Å². The average molecular weight is 478 g/mol. The number of hydrogen-bond donors (Lipinski definition) is 0. The Morgan fingerprint density at radius 3 is 2.56 bits per heavy atom. The molecule has 0 unspecified atom stereocenters. The van der Waals surface area contributed by atoms with Crippen LogP contribution in [0.5, 0.6) is 0 Å². The zero-order valence-electron chi connectivity index (χ0n) is 24.7. The summed E-state index contributed by atoms with van der Waals surface area (Å²) in [6, 6.07) is 9.89. The van der Waals surface area contributed by atoms with E-state index in [2.05, 4.69) is 5.16 Å². The van der Waals surface area contributed by atoms with Gasteiger partial charge in [0.25, 0.3) is 0 Å². The van der Waals surface area contributed by atoms with Crippen LogP contribution in [0, 0.1) is 0 Å². The first-order valence-electron chi connectivity index (χ1n) is 14.5. The molecule has 2 aromatic rings. The van der Waals surface area contributed by atoms with Crippen LogP contribution in [-0.2, 0) is 30.6 Å². The first-order valence-corrected chi connectivity index (χ1v) is 12.0. The number of rotatable bonds is 8. The Labute approximate surface area is 208 Å². The molecule has 0 spiro atoms. The van der Waals surface area contributed by atoms with Crippen LogP contribution in [0.15, 0.2) is 41.6 Å². The molecule has 1 aliphatic heterocycles. The zero-order chi connectivity index (χ0) is 28.6. The highest BCUT2D eigenvalue weighted by molar-refractivity contribution is 5.98. The van der Waals surface area contributed by atoms with Crippen LogP contribution in [0.3, 0.4) is 0 Å². The van der Waals surface area contributed by atoms with E-state index in [0.29, 0.717) is 23.3 Å². The van der Waals surface area contributed by atoms with E-state index >= 15 is 0 Å². The molecule has 2 aromatic carbocycles. The second kappa shape index (κ2) is 10.9. The van der Waals surface area contributed by atoms with Gasteiger partial charge in [-0.15, -0.1) is 0 Å². The van der Waals surface area contributed by atoms with Crippen molar-refractivity contribution in [1.82, 2.24) is 4.90 Å². The summed E-state index contributed by atoms with van der Waals surface area (Å²) in [6.07, 6.45) is -0.745. The molecule has 184 valence electrons. The standard InChI is InChI=1S/C28H35F3N2O/c1-3-22-17-24(11-12-25(22)18-33-14-7-15-33)20(2)32-34-19-21-10-13-26(23-8-5-4-6-9-23)27(16-21)28(29,30)31/h10-13,16-17,23H,3-9,14-15,18-19H2,1-2H3/b32-20+/i7D,14D2,15D2. The molecule has 2 fully saturated rings. The second-order valence-electron chi connectivity index (χ2n) is 9.03. The second-order valence-corrected chi connectivity index (χ2v) is 9.03. The largest absolute Gasteiger partial charge is 0.416 e. The van der Waals surface area contributed by atoms with Crippen LogP contribution in [0.2, 0.25) is 0 Å². The third-order valence-corrected chi connectivity index (χ3v) is 6.67. The molecular formula is C28H35F3N2O. The lowest BCUT2D eigenvalue weighted by molar-refractivity contribution is -0.138. The molecule has 1 saturated heterocycles. The van der Waals surface area contributed by atoms with E-state index in [1.807, 2.05) is 13.0 Å². The van der Waals surface area contributed by atoms with Crippen molar-refractivity contribution in [3.8, 4) is 0 Å². The minimum absolute atomic E-state index is 0.0317. The molecule has 0 atom stereocenters. The molecule has 34 heavy (non-hydrogen) atoms. The molecule has 0 aromatic heterocycles. The molecule has 4 rings (SSSR count). The maximum Gasteiger partial charge on any atom is 0.416 e. The number of alkyl halides is 3. The van der Waals surface area contributed by atoms with Gasteiger partial charge in [0.15, 0.2) is 0 Å². The van der Waals surface area contributed by atoms with Gasteiger partial charge in [-0.05, 0) is 91.4 Å². The number of likely N-dealkylation sites (tertiary alicyclic amines) is 1. The molecular weight excluding hydrogens is 437 g/mol. The molecule has 0 bridgehead atoms. The van der Waals surface area contributed by atoms with Crippen molar-refractivity contribution in [2.45, 2.75) is 84.0 Å². The number of halogens is 3. The van der Waals surface area contributed by atoms with Gasteiger partial charge in [-0.3, -0.25) is 4.90 Å². The van der Waals surface area contributed by atoms with E-state index in [0.717, 1.165) is 53.7 Å². The van der Waals surface area contributed by atoms with E-state index in [9.17, 15) is 13.2 Å². The molecule has 1 saturated carbocycles. The van der Waals surface area contributed by atoms with Gasteiger partial charge in [0.1, 0.15) is 6.61 Å². The smallest absolute Gasteiger partial charge is 0.391 e. The van der Waals surface area contributed by atoms with Crippen LogP contribution in [-0.4, -0.2) is 23.6 Å². The van der Waals surface area contributed by atoms with Gasteiger partial charge in [0.2, 0.25) is 0 Å². The molecule has 0 N–H and O–H groups in total. The van der Waals surface area contributed by atoms with Crippen molar-refractivity contribution >= 4 is 5.71 Å². The summed E-state index contributed by atoms with van der Waals surface area (Å²) in [6.45, 7) is -0.508. The summed E-state index contributed by atoms with van der Waals surface area (Å²) in [5.74, 6) is -0.0619. The molecule has 1 aliphatic carbocycles. The molecule has 6 heteroatoms. The number of aryl methyl sites for hydroxylation is 1. The first-order chi connectivity index (χ1) is 18.3. The van der Waals surface area contributed by atoms with Crippen molar-refractivity contribution < 1.29 is 24.9 Å². The summed E-state index contributed by atoms with van der Waals surface area (Å²) in [5.41, 5.74) is 3.10. The Bertz CT molecular complexity index is 1200. The Morgan fingerprint density at radius 1 is 1.09 bits per heavy atom. The SMILES string of the molecule is [2H]C1C([2H])([2H])N(Cc2ccc(/C(C)=N/OCc3ccc(C4CCCCC4)c(C(F)(F)F)c3)cc2CC)C1([2H])[2H]. The lowest BCUT2D eigenvalue weighted by Gasteiger charge is -2.31. The minimum Gasteiger partial charge on any atom is -0.391 e. The van der Waals surface area contributed by atoms with Crippen molar-refractivity contribution in [1.29, 1.82) is 0 Å². The number of hydrogen-bond acceptors (Lipinski definition) is 3. The van der Waals surface area contributed by atoms with Crippen molar-refractivity contribution in [2.24, 2.45) is 5.16 Å². The number of nitrogens with zero attached hydrogens (tertiary/aromatic N) is 2. The van der Waals surface area contributed by atoms with Crippen molar-refractivity contribution in [3.05, 3.63) is 69.8 Å². The van der Waals surface area contributed by atoms with E-state index in [4.69, 9.17) is 11.7 Å². The van der Waals surface area contributed by atoms with Gasteiger partial charge in [0, 0.05) is 13.4 Å². The van der Waals surface area contributed by atoms with Gasteiger partial charge in [-0.25, -0.2) is 0 Å². The average Bonchev–Trinajstić information content (AvgIpc) is 2.90. The first kappa shape index (κ1) is 18.9. The summed E-state index contributed by atoms with van der Waals surface area (Å²) in [5, 5.41) is 4.12. The highest BCUT2D eigenvalue weighted by Crippen LogP contribution is 2.41. The summed E-state index contributed by atoms with van der Waals surface area (Å²) in [4.78, 5) is 6.50. The predicted octanol–water partition coefficient (Wildman–Crippen LogP) is 7.46. The summed E-state index contributed by atoms with van der Waals surface area (Å²) >= 11 is 0. The Morgan fingerprint density at radius 2 is 1.85 bits per heavy atom. The molecule has 3 nitrogen and oxygen atoms in total.